The molecule has 0 saturated heterocycles. The van der Waals surface area contributed by atoms with Crippen molar-refractivity contribution in [1.29, 1.82) is 0 Å². The number of ether oxygens (including phenoxy) is 1. The van der Waals surface area contributed by atoms with Gasteiger partial charge in [-0.1, -0.05) is 0 Å². The summed E-state index contributed by atoms with van der Waals surface area (Å²) in [6, 6.07) is 0. The molecule has 0 rings (SSSR count). The van der Waals surface area contributed by atoms with E-state index >= 15 is 0 Å². The lowest BCUT2D eigenvalue weighted by Gasteiger charge is -2.02. The molecule has 0 atom stereocenters. The van der Waals surface area contributed by atoms with Crippen molar-refractivity contribution in [3.8, 4) is 0 Å². The predicted octanol–water partition coefficient (Wildman–Crippen LogP) is 0.892. The van der Waals surface area contributed by atoms with Gasteiger partial charge in [0.15, 0.2) is 0 Å². The number of hydrogen-bond acceptors (Lipinski definition) is 4. The standard InChI is InChI=1S/C8H17NO2S/c1-3-11-8(10)4-5-9-6-7-12-2/h9H,3-7H2,1-2H3. The highest BCUT2D eigenvalue weighted by Gasteiger charge is 1.98. The number of hydrogen-bond donors (Lipinski definition) is 1. The molecule has 0 aromatic heterocycles. The van der Waals surface area contributed by atoms with Crippen molar-refractivity contribution in [3.63, 3.8) is 0 Å². The van der Waals surface area contributed by atoms with Crippen LogP contribution in [0.15, 0.2) is 0 Å². The largest absolute Gasteiger partial charge is 0.466 e. The van der Waals surface area contributed by atoms with Gasteiger partial charge in [0.2, 0.25) is 0 Å². The summed E-state index contributed by atoms with van der Waals surface area (Å²) in [5, 5.41) is 3.15. The fourth-order valence-electron chi connectivity index (χ4n) is 0.723. The molecule has 72 valence electrons. The van der Waals surface area contributed by atoms with Gasteiger partial charge in [-0.3, -0.25) is 4.79 Å². The highest BCUT2D eigenvalue weighted by atomic mass is 32.2. The quantitative estimate of drug-likeness (QED) is 0.479. The molecule has 0 radical (unpaired) electrons. The smallest absolute Gasteiger partial charge is 0.307 e. The van der Waals surface area contributed by atoms with E-state index in [-0.39, 0.29) is 5.97 Å². The summed E-state index contributed by atoms with van der Waals surface area (Å²) in [7, 11) is 0. The fourth-order valence-corrected chi connectivity index (χ4v) is 1.07. The molecule has 0 aromatic rings. The van der Waals surface area contributed by atoms with Gasteiger partial charge in [-0.05, 0) is 13.2 Å². The molecule has 1 N–H and O–H groups in total. The average molecular weight is 191 g/mol. The van der Waals surface area contributed by atoms with Gasteiger partial charge in [-0.15, -0.1) is 0 Å². The van der Waals surface area contributed by atoms with E-state index in [1.165, 1.54) is 0 Å². The lowest BCUT2D eigenvalue weighted by molar-refractivity contribution is -0.142. The maximum atomic E-state index is 10.8. The van der Waals surface area contributed by atoms with Crippen LogP contribution >= 0.6 is 11.8 Å². The molecular formula is C8H17NO2S. The molecule has 12 heavy (non-hydrogen) atoms. The van der Waals surface area contributed by atoms with Crippen molar-refractivity contribution in [3.05, 3.63) is 0 Å². The van der Waals surface area contributed by atoms with E-state index in [1.807, 2.05) is 6.92 Å². The third kappa shape index (κ3) is 7.88. The van der Waals surface area contributed by atoms with Gasteiger partial charge in [-0.25, -0.2) is 0 Å². The first kappa shape index (κ1) is 11.8. The lowest BCUT2D eigenvalue weighted by atomic mass is 10.4. The normalized spacial score (nSPS) is 9.83. The zero-order valence-electron chi connectivity index (χ0n) is 7.76. The molecule has 4 heteroatoms. The Bertz CT molecular complexity index is 120. The highest BCUT2D eigenvalue weighted by molar-refractivity contribution is 7.98. The Morgan fingerprint density at radius 3 is 2.83 bits per heavy atom. The van der Waals surface area contributed by atoms with E-state index in [4.69, 9.17) is 4.74 Å². The van der Waals surface area contributed by atoms with Crippen LogP contribution in [0.25, 0.3) is 0 Å². The molecule has 0 bridgehead atoms. The first-order valence-corrected chi connectivity index (χ1v) is 5.56. The Morgan fingerprint density at radius 1 is 1.50 bits per heavy atom. The minimum atomic E-state index is -0.117. The summed E-state index contributed by atoms with van der Waals surface area (Å²) < 4.78 is 4.76. The Balaban J connectivity index is 3.03. The molecule has 3 nitrogen and oxygen atoms in total. The summed E-state index contributed by atoms with van der Waals surface area (Å²) >= 11 is 1.79. The average Bonchev–Trinajstić information content (AvgIpc) is 2.05. The van der Waals surface area contributed by atoms with Crippen LogP contribution in [0, 0.1) is 0 Å². The van der Waals surface area contributed by atoms with E-state index in [0.29, 0.717) is 13.0 Å². The van der Waals surface area contributed by atoms with Crippen LogP contribution in [0.1, 0.15) is 13.3 Å². The Morgan fingerprint density at radius 2 is 2.25 bits per heavy atom. The van der Waals surface area contributed by atoms with Crippen molar-refractivity contribution < 1.29 is 9.53 Å². The van der Waals surface area contributed by atoms with Crippen LogP contribution in [-0.2, 0) is 9.53 Å². The molecule has 0 aliphatic rings. The minimum Gasteiger partial charge on any atom is -0.466 e. The van der Waals surface area contributed by atoms with E-state index in [1.54, 1.807) is 11.8 Å². The molecule has 0 spiro atoms. The second-order valence-electron chi connectivity index (χ2n) is 2.30. The second kappa shape index (κ2) is 8.87. The summed E-state index contributed by atoms with van der Waals surface area (Å²) in [6.45, 7) is 3.97. The molecule has 0 aliphatic heterocycles. The molecule has 0 aromatic carbocycles. The number of nitrogens with one attached hydrogen (secondary N) is 1. The van der Waals surface area contributed by atoms with Crippen molar-refractivity contribution in [2.75, 3.05) is 31.7 Å². The molecule has 0 unspecified atom stereocenters. The highest BCUT2D eigenvalue weighted by Crippen LogP contribution is 1.88. The van der Waals surface area contributed by atoms with E-state index in [9.17, 15) is 4.79 Å². The van der Waals surface area contributed by atoms with Gasteiger partial charge >= 0.3 is 5.97 Å². The molecular weight excluding hydrogens is 174 g/mol. The van der Waals surface area contributed by atoms with E-state index in [2.05, 4.69) is 11.6 Å². The van der Waals surface area contributed by atoms with Crippen molar-refractivity contribution in [2.45, 2.75) is 13.3 Å². The fraction of sp³-hybridized carbons (Fsp3) is 0.875. The van der Waals surface area contributed by atoms with Crippen LogP contribution in [-0.4, -0.2) is 37.7 Å². The second-order valence-corrected chi connectivity index (χ2v) is 3.28. The Labute approximate surface area is 78.2 Å². The maximum absolute atomic E-state index is 10.8. The van der Waals surface area contributed by atoms with Gasteiger partial charge in [0, 0.05) is 18.8 Å². The van der Waals surface area contributed by atoms with Gasteiger partial charge in [0.25, 0.3) is 0 Å². The molecule has 0 fully saturated rings. The number of carbonyl (C=O) groups excluding carboxylic acids is 1. The summed E-state index contributed by atoms with van der Waals surface area (Å²) in [5.41, 5.74) is 0. The summed E-state index contributed by atoms with van der Waals surface area (Å²) in [4.78, 5) is 10.8. The van der Waals surface area contributed by atoms with Crippen molar-refractivity contribution in [1.82, 2.24) is 5.32 Å². The lowest BCUT2D eigenvalue weighted by Crippen LogP contribution is -2.21. The Hall–Kier alpha value is -0.220. The zero-order chi connectivity index (χ0) is 9.23. The molecule has 0 heterocycles. The Kier molecular flexibility index (Phi) is 8.71. The van der Waals surface area contributed by atoms with Crippen LogP contribution in [0.4, 0.5) is 0 Å². The van der Waals surface area contributed by atoms with Crippen LogP contribution in [0.2, 0.25) is 0 Å². The van der Waals surface area contributed by atoms with Crippen molar-refractivity contribution >= 4 is 17.7 Å². The van der Waals surface area contributed by atoms with Crippen LogP contribution < -0.4 is 5.32 Å². The third-order valence-corrected chi connectivity index (χ3v) is 1.91. The molecule has 0 amide bonds. The minimum absolute atomic E-state index is 0.117. The maximum Gasteiger partial charge on any atom is 0.307 e. The molecule has 0 saturated carbocycles. The van der Waals surface area contributed by atoms with Gasteiger partial charge < -0.3 is 10.1 Å². The topological polar surface area (TPSA) is 38.3 Å². The van der Waals surface area contributed by atoms with E-state index in [0.717, 1.165) is 18.8 Å². The van der Waals surface area contributed by atoms with E-state index < -0.39 is 0 Å². The van der Waals surface area contributed by atoms with Gasteiger partial charge in [0.05, 0.1) is 13.0 Å². The molecule has 0 aliphatic carbocycles. The predicted molar refractivity (Wildman–Crippen MR) is 52.5 cm³/mol. The summed E-state index contributed by atoms with van der Waals surface area (Å²) in [6.07, 6.45) is 2.54. The van der Waals surface area contributed by atoms with Crippen LogP contribution in [0.3, 0.4) is 0 Å². The summed E-state index contributed by atoms with van der Waals surface area (Å²) in [5.74, 6) is 0.970. The number of esters is 1. The number of thioether (sulfide) groups is 1. The SMILES string of the molecule is CCOC(=O)CCNCCSC. The van der Waals surface area contributed by atoms with Gasteiger partial charge in [0.1, 0.15) is 0 Å². The van der Waals surface area contributed by atoms with Gasteiger partial charge in [-0.2, -0.15) is 11.8 Å². The van der Waals surface area contributed by atoms with Crippen LogP contribution in [0.5, 0.6) is 0 Å². The first-order chi connectivity index (χ1) is 5.81. The number of rotatable bonds is 7. The monoisotopic (exact) mass is 191 g/mol. The number of carbonyl (C=O) groups is 1. The zero-order valence-corrected chi connectivity index (χ0v) is 8.58. The third-order valence-electron chi connectivity index (χ3n) is 1.29. The first-order valence-electron chi connectivity index (χ1n) is 4.16. The van der Waals surface area contributed by atoms with Crippen molar-refractivity contribution in [2.24, 2.45) is 0 Å².